The smallest absolute Gasteiger partial charge is 0.123 e. The zero-order chi connectivity index (χ0) is 12.4. The maximum absolute atomic E-state index is 13.1. The van der Waals surface area contributed by atoms with Crippen LogP contribution in [0.3, 0.4) is 0 Å². The average Bonchev–Trinajstić information content (AvgIpc) is 2.70. The predicted molar refractivity (Wildman–Crippen MR) is 74.8 cm³/mol. The summed E-state index contributed by atoms with van der Waals surface area (Å²) in [7, 11) is 0. The van der Waals surface area contributed by atoms with Gasteiger partial charge in [0.15, 0.2) is 0 Å². The van der Waals surface area contributed by atoms with Gasteiger partial charge in [-0.25, -0.2) is 4.39 Å². The third kappa shape index (κ3) is 3.37. The minimum Gasteiger partial charge on any atom is -0.388 e. The van der Waals surface area contributed by atoms with Crippen molar-refractivity contribution in [3.8, 4) is 0 Å². The minimum atomic E-state index is -0.615. The Kier molecular flexibility index (Phi) is 4.36. The highest BCUT2D eigenvalue weighted by Gasteiger charge is 2.12. The van der Waals surface area contributed by atoms with Gasteiger partial charge in [-0.05, 0) is 56.7 Å². The summed E-state index contributed by atoms with van der Waals surface area (Å²) in [5, 5.41) is 11.9. The Hall–Kier alpha value is -0.230. The standard InChI is InChI=1S/C12H9Br2FOS/c13-10-2-1-9(15)3-7(10)4-11(16)8-5-12(14)17-6-8/h1-3,5-6,11,16H,4H2. The van der Waals surface area contributed by atoms with Crippen LogP contribution in [0.5, 0.6) is 0 Å². The molecular formula is C12H9Br2FOS. The molecule has 90 valence electrons. The van der Waals surface area contributed by atoms with Gasteiger partial charge in [-0.15, -0.1) is 11.3 Å². The molecule has 0 saturated carbocycles. The summed E-state index contributed by atoms with van der Waals surface area (Å²) in [6, 6.07) is 6.36. The van der Waals surface area contributed by atoms with Gasteiger partial charge in [0.25, 0.3) is 0 Å². The number of halogens is 3. The van der Waals surface area contributed by atoms with E-state index in [1.165, 1.54) is 23.5 Å². The van der Waals surface area contributed by atoms with Crippen LogP contribution in [0.4, 0.5) is 4.39 Å². The fraction of sp³-hybridized carbons (Fsp3) is 0.167. The third-order valence-corrected chi connectivity index (χ3v) is 4.69. The lowest BCUT2D eigenvalue weighted by Gasteiger charge is -2.10. The number of aliphatic hydroxyl groups is 1. The Morgan fingerprint density at radius 1 is 1.29 bits per heavy atom. The van der Waals surface area contributed by atoms with Crippen LogP contribution in [0.25, 0.3) is 0 Å². The Bertz CT molecular complexity index is 527. The van der Waals surface area contributed by atoms with Gasteiger partial charge in [0.2, 0.25) is 0 Å². The predicted octanol–water partition coefficient (Wildman–Crippen LogP) is 4.69. The summed E-state index contributed by atoms with van der Waals surface area (Å²) in [6.07, 6.45) is -0.225. The van der Waals surface area contributed by atoms with Crippen molar-refractivity contribution in [1.82, 2.24) is 0 Å². The molecule has 1 heterocycles. The molecule has 0 fully saturated rings. The molecule has 2 rings (SSSR count). The first kappa shape index (κ1) is 13.2. The van der Waals surface area contributed by atoms with Gasteiger partial charge in [0, 0.05) is 10.9 Å². The molecule has 1 atom stereocenters. The lowest BCUT2D eigenvalue weighted by Crippen LogP contribution is -2.01. The molecule has 0 aliphatic rings. The monoisotopic (exact) mass is 378 g/mol. The normalized spacial score (nSPS) is 12.7. The molecule has 1 N–H and O–H groups in total. The van der Waals surface area contributed by atoms with Crippen LogP contribution in [0, 0.1) is 5.82 Å². The summed E-state index contributed by atoms with van der Waals surface area (Å²) in [5.41, 5.74) is 1.61. The topological polar surface area (TPSA) is 20.2 Å². The number of aliphatic hydroxyl groups excluding tert-OH is 1. The quantitative estimate of drug-likeness (QED) is 0.820. The van der Waals surface area contributed by atoms with Crippen LogP contribution < -0.4 is 0 Å². The van der Waals surface area contributed by atoms with Gasteiger partial charge in [-0.3, -0.25) is 0 Å². The van der Waals surface area contributed by atoms with Crippen LogP contribution in [0.2, 0.25) is 0 Å². The fourth-order valence-electron chi connectivity index (χ4n) is 1.52. The highest BCUT2D eigenvalue weighted by molar-refractivity contribution is 9.11. The van der Waals surface area contributed by atoms with E-state index >= 15 is 0 Å². The Labute approximate surface area is 120 Å². The summed E-state index contributed by atoms with van der Waals surface area (Å²) in [5.74, 6) is -0.290. The van der Waals surface area contributed by atoms with E-state index in [4.69, 9.17) is 0 Å². The van der Waals surface area contributed by atoms with E-state index in [1.807, 2.05) is 11.4 Å². The van der Waals surface area contributed by atoms with Crippen molar-refractivity contribution in [1.29, 1.82) is 0 Å². The lowest BCUT2D eigenvalue weighted by atomic mass is 10.0. The lowest BCUT2D eigenvalue weighted by molar-refractivity contribution is 0.178. The number of thiophene rings is 1. The van der Waals surface area contributed by atoms with Crippen molar-refractivity contribution >= 4 is 43.2 Å². The minimum absolute atomic E-state index is 0.290. The van der Waals surface area contributed by atoms with E-state index < -0.39 is 6.10 Å². The van der Waals surface area contributed by atoms with E-state index in [0.717, 1.165) is 19.4 Å². The van der Waals surface area contributed by atoms with Crippen molar-refractivity contribution in [3.05, 3.63) is 54.8 Å². The maximum atomic E-state index is 13.1. The molecule has 0 aliphatic heterocycles. The first-order valence-electron chi connectivity index (χ1n) is 4.92. The number of rotatable bonds is 3. The third-order valence-electron chi connectivity index (χ3n) is 2.39. The molecule has 0 saturated heterocycles. The summed E-state index contributed by atoms with van der Waals surface area (Å²) in [4.78, 5) is 0. The molecule has 1 aromatic carbocycles. The molecule has 0 aliphatic carbocycles. The molecular weight excluding hydrogens is 371 g/mol. The second kappa shape index (κ2) is 5.61. The Balaban J connectivity index is 2.18. The van der Waals surface area contributed by atoms with E-state index in [1.54, 1.807) is 6.07 Å². The van der Waals surface area contributed by atoms with Gasteiger partial charge in [0.1, 0.15) is 5.82 Å². The fourth-order valence-corrected chi connectivity index (χ4v) is 3.16. The molecule has 0 amide bonds. The first-order chi connectivity index (χ1) is 8.06. The van der Waals surface area contributed by atoms with E-state index in [9.17, 15) is 9.50 Å². The van der Waals surface area contributed by atoms with Gasteiger partial charge < -0.3 is 5.11 Å². The van der Waals surface area contributed by atoms with Crippen LogP contribution in [-0.4, -0.2) is 5.11 Å². The second-order valence-corrected chi connectivity index (χ2v) is 6.78. The van der Waals surface area contributed by atoms with Crippen LogP contribution in [-0.2, 0) is 6.42 Å². The van der Waals surface area contributed by atoms with Crippen LogP contribution >= 0.6 is 43.2 Å². The van der Waals surface area contributed by atoms with Gasteiger partial charge in [0.05, 0.1) is 9.89 Å². The van der Waals surface area contributed by atoms with Crippen LogP contribution in [0.1, 0.15) is 17.2 Å². The summed E-state index contributed by atoms with van der Waals surface area (Å²) >= 11 is 8.22. The van der Waals surface area contributed by atoms with E-state index in [-0.39, 0.29) is 5.82 Å². The molecule has 17 heavy (non-hydrogen) atoms. The first-order valence-corrected chi connectivity index (χ1v) is 7.39. The van der Waals surface area contributed by atoms with Crippen molar-refractivity contribution in [2.45, 2.75) is 12.5 Å². The molecule has 0 spiro atoms. The highest BCUT2D eigenvalue weighted by atomic mass is 79.9. The number of hydrogen-bond acceptors (Lipinski definition) is 2. The molecule has 1 aromatic heterocycles. The van der Waals surface area contributed by atoms with Crippen molar-refractivity contribution < 1.29 is 9.50 Å². The van der Waals surface area contributed by atoms with Crippen LogP contribution in [0.15, 0.2) is 37.9 Å². The summed E-state index contributed by atoms with van der Waals surface area (Å²) < 4.78 is 14.9. The summed E-state index contributed by atoms with van der Waals surface area (Å²) in [6.45, 7) is 0. The van der Waals surface area contributed by atoms with E-state index in [0.29, 0.717) is 6.42 Å². The molecule has 0 bridgehead atoms. The molecule has 5 heteroatoms. The SMILES string of the molecule is OC(Cc1cc(F)ccc1Br)c1csc(Br)c1. The van der Waals surface area contributed by atoms with Crippen molar-refractivity contribution in [2.24, 2.45) is 0 Å². The Morgan fingerprint density at radius 3 is 2.71 bits per heavy atom. The second-order valence-electron chi connectivity index (χ2n) is 3.64. The molecule has 2 aromatic rings. The van der Waals surface area contributed by atoms with Crippen molar-refractivity contribution in [2.75, 3.05) is 0 Å². The molecule has 1 unspecified atom stereocenters. The molecule has 0 radical (unpaired) electrons. The number of hydrogen-bond donors (Lipinski definition) is 1. The maximum Gasteiger partial charge on any atom is 0.123 e. The van der Waals surface area contributed by atoms with Crippen molar-refractivity contribution in [3.63, 3.8) is 0 Å². The zero-order valence-corrected chi connectivity index (χ0v) is 12.6. The Morgan fingerprint density at radius 2 is 2.06 bits per heavy atom. The van der Waals surface area contributed by atoms with Gasteiger partial charge in [-0.1, -0.05) is 15.9 Å². The van der Waals surface area contributed by atoms with E-state index in [2.05, 4.69) is 31.9 Å². The molecule has 1 nitrogen and oxygen atoms in total. The average molecular weight is 380 g/mol. The zero-order valence-electron chi connectivity index (χ0n) is 8.66. The van der Waals surface area contributed by atoms with Gasteiger partial charge in [-0.2, -0.15) is 0 Å². The van der Waals surface area contributed by atoms with Gasteiger partial charge >= 0.3 is 0 Å². The highest BCUT2D eigenvalue weighted by Crippen LogP contribution is 2.29. The largest absolute Gasteiger partial charge is 0.388 e. The number of benzene rings is 1.